The van der Waals surface area contributed by atoms with Gasteiger partial charge in [0.1, 0.15) is 18.3 Å². The lowest BCUT2D eigenvalue weighted by molar-refractivity contribution is -0.174. The Labute approximate surface area is 129 Å². The summed E-state index contributed by atoms with van der Waals surface area (Å²) >= 11 is 0. The molecule has 3 rings (SSSR count). The summed E-state index contributed by atoms with van der Waals surface area (Å²) in [6.45, 7) is 9.29. The minimum Gasteiger partial charge on any atom is -0.348 e. The van der Waals surface area contributed by atoms with Crippen molar-refractivity contribution in [2.75, 3.05) is 6.61 Å². The summed E-state index contributed by atoms with van der Waals surface area (Å²) in [5, 5.41) is 4.06. The summed E-state index contributed by atoms with van der Waals surface area (Å²) in [7, 11) is 0. The first kappa shape index (κ1) is 15.6. The first-order valence-electron chi connectivity index (χ1n) is 7.41. The number of hydrogen-bond acceptors (Lipinski definition) is 6. The molecule has 3 heterocycles. The van der Waals surface area contributed by atoms with Crippen LogP contribution >= 0.6 is 0 Å². The molecule has 7 nitrogen and oxygen atoms in total. The zero-order valence-electron chi connectivity index (χ0n) is 13.5. The molecular formula is C15H22N2O5. The highest BCUT2D eigenvalue weighted by Gasteiger charge is 2.51. The fourth-order valence-corrected chi connectivity index (χ4v) is 2.96. The van der Waals surface area contributed by atoms with E-state index in [1.165, 1.54) is 11.6 Å². The van der Waals surface area contributed by atoms with Crippen LogP contribution in [0, 0.1) is 0 Å². The van der Waals surface area contributed by atoms with Crippen LogP contribution in [0.15, 0.2) is 12.3 Å². The lowest BCUT2D eigenvalue weighted by Gasteiger charge is -2.23. The third-order valence-corrected chi connectivity index (χ3v) is 3.79. The molecule has 0 radical (unpaired) electrons. The van der Waals surface area contributed by atoms with E-state index in [1.54, 1.807) is 12.3 Å². The van der Waals surface area contributed by atoms with Gasteiger partial charge in [0.2, 0.25) is 5.91 Å². The number of hydrogen-bond donors (Lipinski definition) is 0. The zero-order valence-corrected chi connectivity index (χ0v) is 13.5. The first-order valence-corrected chi connectivity index (χ1v) is 7.41. The van der Waals surface area contributed by atoms with E-state index in [2.05, 4.69) is 5.10 Å². The predicted molar refractivity (Wildman–Crippen MR) is 76.2 cm³/mol. The molecule has 0 amide bonds. The van der Waals surface area contributed by atoms with Crippen LogP contribution in [0.3, 0.4) is 0 Å². The van der Waals surface area contributed by atoms with Gasteiger partial charge >= 0.3 is 0 Å². The maximum absolute atomic E-state index is 11.7. The van der Waals surface area contributed by atoms with Crippen LogP contribution in [0.1, 0.15) is 51.2 Å². The van der Waals surface area contributed by atoms with Crippen LogP contribution in [0.25, 0.3) is 0 Å². The summed E-state index contributed by atoms with van der Waals surface area (Å²) in [6, 6.07) is 1.77. The number of aromatic nitrogens is 2. The number of carbonyl (C=O) groups excluding carboxylic acids is 1. The second-order valence-corrected chi connectivity index (χ2v) is 6.57. The highest BCUT2D eigenvalue weighted by molar-refractivity contribution is 5.75. The van der Waals surface area contributed by atoms with Crippen molar-refractivity contribution in [2.45, 2.75) is 64.5 Å². The van der Waals surface area contributed by atoms with Crippen molar-refractivity contribution in [1.82, 2.24) is 9.78 Å². The molecule has 7 heteroatoms. The summed E-state index contributed by atoms with van der Waals surface area (Å²) in [5.41, 5.74) is 0.663. The lowest BCUT2D eigenvalue weighted by Crippen LogP contribution is -2.36. The van der Waals surface area contributed by atoms with E-state index < -0.39 is 17.7 Å². The molecule has 1 aromatic rings. The molecule has 2 fully saturated rings. The fraction of sp³-hybridized carbons (Fsp3) is 0.733. The van der Waals surface area contributed by atoms with E-state index in [4.69, 9.17) is 18.9 Å². The maximum Gasteiger partial charge on any atom is 0.244 e. The smallest absolute Gasteiger partial charge is 0.244 e. The van der Waals surface area contributed by atoms with Crippen molar-refractivity contribution >= 4 is 5.91 Å². The van der Waals surface area contributed by atoms with Gasteiger partial charge in [-0.25, -0.2) is 4.68 Å². The summed E-state index contributed by atoms with van der Waals surface area (Å²) in [5.74, 6) is -1.58. The lowest BCUT2D eigenvalue weighted by atomic mass is 10.1. The summed E-state index contributed by atoms with van der Waals surface area (Å²) < 4.78 is 24.9. The first-order chi connectivity index (χ1) is 10.2. The molecule has 3 atom stereocenters. The van der Waals surface area contributed by atoms with Gasteiger partial charge in [-0.1, -0.05) is 0 Å². The fourth-order valence-electron chi connectivity index (χ4n) is 2.96. The molecule has 2 saturated heterocycles. The van der Waals surface area contributed by atoms with Gasteiger partial charge in [0.15, 0.2) is 11.6 Å². The zero-order chi connectivity index (χ0) is 16.1. The van der Waals surface area contributed by atoms with Crippen molar-refractivity contribution in [3.63, 3.8) is 0 Å². The predicted octanol–water partition coefficient (Wildman–Crippen LogP) is 1.89. The van der Waals surface area contributed by atoms with Crippen molar-refractivity contribution in [3.8, 4) is 0 Å². The molecule has 0 bridgehead atoms. The normalized spacial score (nSPS) is 33.2. The average Bonchev–Trinajstić information content (AvgIpc) is 3.05. The van der Waals surface area contributed by atoms with E-state index in [1.807, 2.05) is 27.7 Å². The Morgan fingerprint density at radius 1 is 1.23 bits per heavy atom. The average molecular weight is 310 g/mol. The molecule has 0 N–H and O–H groups in total. The molecule has 122 valence electrons. The third kappa shape index (κ3) is 2.81. The number of nitrogens with zero attached hydrogens (tertiary/aromatic N) is 2. The number of rotatable bonds is 2. The SMILES string of the molecule is CC(=O)n1nccc1[C@H]1OC(C)(C)O[C@@H]1[C@H]1COC(C)(C)O1. The van der Waals surface area contributed by atoms with Crippen molar-refractivity contribution in [3.05, 3.63) is 18.0 Å². The van der Waals surface area contributed by atoms with Crippen LogP contribution in [-0.4, -0.2) is 46.1 Å². The Morgan fingerprint density at radius 2 is 1.95 bits per heavy atom. The van der Waals surface area contributed by atoms with Crippen LogP contribution in [0.4, 0.5) is 0 Å². The molecule has 22 heavy (non-hydrogen) atoms. The molecule has 0 aromatic carbocycles. The minimum atomic E-state index is -0.767. The number of carbonyl (C=O) groups is 1. The third-order valence-electron chi connectivity index (χ3n) is 3.79. The molecule has 0 saturated carbocycles. The molecule has 2 aliphatic heterocycles. The van der Waals surface area contributed by atoms with Gasteiger partial charge in [0.25, 0.3) is 0 Å². The van der Waals surface area contributed by atoms with Crippen LogP contribution in [-0.2, 0) is 18.9 Å². The van der Waals surface area contributed by atoms with Gasteiger partial charge in [0, 0.05) is 13.1 Å². The minimum absolute atomic E-state index is 0.170. The van der Waals surface area contributed by atoms with Crippen molar-refractivity contribution < 1.29 is 23.7 Å². The number of ether oxygens (including phenoxy) is 4. The van der Waals surface area contributed by atoms with Crippen LogP contribution in [0.2, 0.25) is 0 Å². The topological polar surface area (TPSA) is 71.8 Å². The van der Waals surface area contributed by atoms with Gasteiger partial charge in [-0.3, -0.25) is 4.79 Å². The van der Waals surface area contributed by atoms with Crippen molar-refractivity contribution in [2.24, 2.45) is 0 Å². The van der Waals surface area contributed by atoms with Gasteiger partial charge in [-0.2, -0.15) is 5.10 Å². The molecule has 0 aliphatic carbocycles. The summed E-state index contributed by atoms with van der Waals surface area (Å²) in [4.78, 5) is 11.7. The molecule has 2 aliphatic rings. The van der Waals surface area contributed by atoms with Gasteiger partial charge < -0.3 is 18.9 Å². The highest BCUT2D eigenvalue weighted by atomic mass is 16.8. The largest absolute Gasteiger partial charge is 0.348 e. The monoisotopic (exact) mass is 310 g/mol. The second-order valence-electron chi connectivity index (χ2n) is 6.57. The van der Waals surface area contributed by atoms with E-state index >= 15 is 0 Å². The summed E-state index contributed by atoms with van der Waals surface area (Å²) in [6.07, 6.45) is 0.505. The molecular weight excluding hydrogens is 288 g/mol. The second kappa shape index (κ2) is 5.13. The van der Waals surface area contributed by atoms with E-state index in [-0.39, 0.29) is 18.1 Å². The van der Waals surface area contributed by atoms with Crippen LogP contribution < -0.4 is 0 Å². The Morgan fingerprint density at radius 3 is 2.55 bits per heavy atom. The molecule has 0 unspecified atom stereocenters. The van der Waals surface area contributed by atoms with Crippen molar-refractivity contribution in [1.29, 1.82) is 0 Å². The Hall–Kier alpha value is -1.28. The van der Waals surface area contributed by atoms with Gasteiger partial charge in [0.05, 0.1) is 12.3 Å². The highest BCUT2D eigenvalue weighted by Crippen LogP contribution is 2.42. The van der Waals surface area contributed by atoms with E-state index in [0.717, 1.165) is 0 Å². The Kier molecular flexibility index (Phi) is 3.64. The Balaban J connectivity index is 1.91. The Bertz CT molecular complexity index is 580. The quantitative estimate of drug-likeness (QED) is 0.830. The van der Waals surface area contributed by atoms with Crippen LogP contribution in [0.5, 0.6) is 0 Å². The standard InChI is InChI=1S/C15H22N2O5/c1-9(18)17-10(6-7-16-17)12-13(22-15(4,5)21-12)11-8-19-14(2,3)20-11/h6-7,11-13H,8H2,1-5H3/t11-,12-,13-/m1/s1. The van der Waals surface area contributed by atoms with Gasteiger partial charge in [-0.05, 0) is 33.8 Å². The van der Waals surface area contributed by atoms with E-state index in [9.17, 15) is 4.79 Å². The molecule has 0 spiro atoms. The van der Waals surface area contributed by atoms with E-state index in [0.29, 0.717) is 12.3 Å². The molecule has 1 aromatic heterocycles. The maximum atomic E-state index is 11.7. The van der Waals surface area contributed by atoms with Gasteiger partial charge in [-0.15, -0.1) is 0 Å².